The Labute approximate surface area is 228 Å². The molecule has 8 rings (SSSR count). The number of benzene rings is 7. The van der Waals surface area contributed by atoms with Crippen LogP contribution in [0.2, 0.25) is 0 Å². The van der Waals surface area contributed by atoms with E-state index in [0.29, 0.717) is 0 Å². The molecular weight excluding hydrogens is 526 g/mol. The number of hydrogen-bond donors (Lipinski definition) is 0. The number of hydrogen-bond acceptors (Lipinski definition) is 0. The number of halogens is 1. The van der Waals surface area contributed by atoms with Crippen LogP contribution in [-0.2, 0) is 0 Å². The normalized spacial score (nSPS) is 11.8. The molecule has 8 aromatic rings. The van der Waals surface area contributed by atoms with Crippen molar-refractivity contribution in [2.45, 2.75) is 0 Å². The van der Waals surface area contributed by atoms with Crippen molar-refractivity contribution in [2.75, 3.05) is 0 Å². The van der Waals surface area contributed by atoms with E-state index in [1.54, 1.807) is 0 Å². The third-order valence-electron chi connectivity index (χ3n) is 7.83. The third kappa shape index (κ3) is 3.11. The molecule has 1 heterocycles. The maximum absolute atomic E-state index is 3.85. The molecule has 0 N–H and O–H groups in total. The molecule has 178 valence electrons. The van der Waals surface area contributed by atoms with Crippen molar-refractivity contribution >= 4 is 70.1 Å². The summed E-state index contributed by atoms with van der Waals surface area (Å²) >= 11 is 3.85. The first kappa shape index (κ1) is 21.7. The maximum Gasteiger partial charge on any atom is 0.0552 e. The second-order valence-corrected chi connectivity index (χ2v) is 10.7. The molecule has 0 atom stereocenters. The van der Waals surface area contributed by atoms with Gasteiger partial charge in [-0.25, -0.2) is 0 Å². The van der Waals surface area contributed by atoms with E-state index in [2.05, 4.69) is 154 Å². The summed E-state index contributed by atoms with van der Waals surface area (Å²) in [5.74, 6) is 0. The molecule has 1 aromatic heterocycles. The topological polar surface area (TPSA) is 4.93 Å². The zero-order valence-corrected chi connectivity index (χ0v) is 22.1. The minimum absolute atomic E-state index is 1.11. The Kier molecular flexibility index (Phi) is 4.74. The van der Waals surface area contributed by atoms with Crippen LogP contribution in [0.25, 0.3) is 70.9 Å². The first-order chi connectivity index (χ1) is 18.8. The van der Waals surface area contributed by atoms with Crippen LogP contribution in [-0.4, -0.2) is 4.57 Å². The lowest BCUT2D eigenvalue weighted by Crippen LogP contribution is -1.92. The number of fused-ring (bicyclic) bond motifs is 9. The predicted octanol–water partition coefficient (Wildman–Crippen LogP) is 10.7. The molecular formula is C36H22BrN. The van der Waals surface area contributed by atoms with Crippen LogP contribution in [0.5, 0.6) is 0 Å². The SMILES string of the molecule is Brc1cccc2c1c1cc(-c3ccc4c5ccccc5c5ccccc5c4c3)ccc1n2-c1ccccc1. The zero-order chi connectivity index (χ0) is 25.2. The second-order valence-electron chi connectivity index (χ2n) is 9.89. The second kappa shape index (κ2) is 8.31. The highest BCUT2D eigenvalue weighted by Gasteiger charge is 2.16. The summed E-state index contributed by atoms with van der Waals surface area (Å²) < 4.78 is 3.47. The summed E-state index contributed by atoms with van der Waals surface area (Å²) in [7, 11) is 0. The van der Waals surface area contributed by atoms with Crippen molar-refractivity contribution in [3.63, 3.8) is 0 Å². The minimum atomic E-state index is 1.11. The fourth-order valence-electron chi connectivity index (χ4n) is 6.15. The Morgan fingerprint density at radius 2 is 0.947 bits per heavy atom. The molecule has 7 aromatic carbocycles. The molecule has 0 saturated heterocycles. The van der Waals surface area contributed by atoms with Crippen molar-refractivity contribution < 1.29 is 0 Å². The van der Waals surface area contributed by atoms with Crippen LogP contribution in [0.15, 0.2) is 138 Å². The van der Waals surface area contributed by atoms with Gasteiger partial charge in [-0.3, -0.25) is 0 Å². The van der Waals surface area contributed by atoms with E-state index >= 15 is 0 Å². The van der Waals surface area contributed by atoms with E-state index in [4.69, 9.17) is 0 Å². The predicted molar refractivity (Wildman–Crippen MR) is 166 cm³/mol. The molecule has 0 saturated carbocycles. The lowest BCUT2D eigenvalue weighted by atomic mass is 9.92. The summed E-state index contributed by atoms with van der Waals surface area (Å²) in [6.07, 6.45) is 0. The van der Waals surface area contributed by atoms with Crippen LogP contribution in [0, 0.1) is 0 Å². The standard InChI is InChI=1S/C36H22BrN/c37-33-15-8-16-35-36(33)32-22-24(18-20-34(32)38(35)25-9-2-1-3-10-25)23-17-19-30-28-13-5-4-11-26(28)27-12-6-7-14-29(27)31(30)21-23/h1-22H. The number of para-hydroxylation sites is 1. The molecule has 2 heteroatoms. The van der Waals surface area contributed by atoms with Crippen molar-refractivity contribution in [2.24, 2.45) is 0 Å². The maximum atomic E-state index is 3.85. The Hall–Kier alpha value is -4.40. The van der Waals surface area contributed by atoms with Gasteiger partial charge in [0.2, 0.25) is 0 Å². The number of rotatable bonds is 2. The molecule has 38 heavy (non-hydrogen) atoms. The van der Waals surface area contributed by atoms with E-state index in [0.717, 1.165) is 4.47 Å². The Morgan fingerprint density at radius 1 is 0.395 bits per heavy atom. The van der Waals surface area contributed by atoms with Gasteiger partial charge in [0.15, 0.2) is 0 Å². The van der Waals surface area contributed by atoms with E-state index in [1.807, 2.05) is 0 Å². The highest BCUT2D eigenvalue weighted by Crippen LogP contribution is 2.40. The summed E-state index contributed by atoms with van der Waals surface area (Å²) in [6, 6.07) is 48.4. The average Bonchev–Trinajstić information content (AvgIpc) is 3.32. The third-order valence-corrected chi connectivity index (χ3v) is 8.49. The van der Waals surface area contributed by atoms with Crippen molar-refractivity contribution in [1.29, 1.82) is 0 Å². The van der Waals surface area contributed by atoms with E-state index in [9.17, 15) is 0 Å². The van der Waals surface area contributed by atoms with E-state index < -0.39 is 0 Å². The molecule has 0 radical (unpaired) electrons. The lowest BCUT2D eigenvalue weighted by Gasteiger charge is -2.12. The fraction of sp³-hybridized carbons (Fsp3) is 0. The summed E-state index contributed by atoms with van der Waals surface area (Å²) in [5.41, 5.74) is 6.03. The molecule has 0 unspecified atom stereocenters. The van der Waals surface area contributed by atoms with Crippen molar-refractivity contribution in [3.05, 3.63) is 138 Å². The van der Waals surface area contributed by atoms with Gasteiger partial charge in [0.05, 0.1) is 11.0 Å². The van der Waals surface area contributed by atoms with Crippen LogP contribution < -0.4 is 0 Å². The molecule has 0 aliphatic rings. The van der Waals surface area contributed by atoms with Crippen molar-refractivity contribution in [1.82, 2.24) is 4.57 Å². The van der Waals surface area contributed by atoms with Gasteiger partial charge < -0.3 is 4.57 Å². The Morgan fingerprint density at radius 3 is 1.63 bits per heavy atom. The number of aromatic nitrogens is 1. The highest BCUT2D eigenvalue weighted by atomic mass is 79.9. The van der Waals surface area contributed by atoms with Gasteiger partial charge >= 0.3 is 0 Å². The molecule has 0 spiro atoms. The van der Waals surface area contributed by atoms with Crippen LogP contribution in [0.1, 0.15) is 0 Å². The van der Waals surface area contributed by atoms with Gasteiger partial charge in [0.1, 0.15) is 0 Å². The first-order valence-electron chi connectivity index (χ1n) is 12.9. The lowest BCUT2D eigenvalue weighted by molar-refractivity contribution is 1.18. The van der Waals surface area contributed by atoms with E-state index in [-0.39, 0.29) is 0 Å². The van der Waals surface area contributed by atoms with Crippen LogP contribution in [0.4, 0.5) is 0 Å². The van der Waals surface area contributed by atoms with Gasteiger partial charge in [-0.1, -0.05) is 107 Å². The molecule has 0 amide bonds. The van der Waals surface area contributed by atoms with Gasteiger partial charge in [0, 0.05) is 20.9 Å². The molecule has 0 fully saturated rings. The number of nitrogens with zero attached hydrogens (tertiary/aromatic N) is 1. The quantitative estimate of drug-likeness (QED) is 0.189. The van der Waals surface area contributed by atoms with Crippen molar-refractivity contribution in [3.8, 4) is 16.8 Å². The van der Waals surface area contributed by atoms with Crippen LogP contribution in [0.3, 0.4) is 0 Å². The minimum Gasteiger partial charge on any atom is -0.309 e. The van der Waals surface area contributed by atoms with Gasteiger partial charge in [-0.2, -0.15) is 0 Å². The van der Waals surface area contributed by atoms with Gasteiger partial charge in [-0.15, -0.1) is 0 Å². The van der Waals surface area contributed by atoms with Gasteiger partial charge in [-0.05, 0) is 85.9 Å². The molecule has 0 bridgehead atoms. The largest absolute Gasteiger partial charge is 0.309 e. The average molecular weight is 548 g/mol. The summed E-state index contributed by atoms with van der Waals surface area (Å²) in [6.45, 7) is 0. The van der Waals surface area contributed by atoms with Gasteiger partial charge in [0.25, 0.3) is 0 Å². The molecule has 0 aliphatic carbocycles. The smallest absolute Gasteiger partial charge is 0.0552 e. The fourth-order valence-corrected chi connectivity index (χ4v) is 6.72. The first-order valence-corrected chi connectivity index (χ1v) is 13.7. The van der Waals surface area contributed by atoms with E-state index in [1.165, 1.54) is 70.9 Å². The molecule has 0 aliphatic heterocycles. The zero-order valence-electron chi connectivity index (χ0n) is 20.5. The summed E-state index contributed by atoms with van der Waals surface area (Å²) in [4.78, 5) is 0. The highest BCUT2D eigenvalue weighted by molar-refractivity contribution is 9.10. The molecule has 1 nitrogen and oxygen atoms in total. The van der Waals surface area contributed by atoms with Crippen LogP contribution >= 0.6 is 15.9 Å². The summed E-state index contributed by atoms with van der Waals surface area (Å²) in [5, 5.41) is 10.3. The Balaban J connectivity index is 1.42. The Bertz CT molecular complexity index is 2150. The monoisotopic (exact) mass is 547 g/mol.